The zero-order valence-electron chi connectivity index (χ0n) is 17.8. The van der Waals surface area contributed by atoms with Gasteiger partial charge in [0, 0.05) is 24.4 Å². The quantitative estimate of drug-likeness (QED) is 0.615. The van der Waals surface area contributed by atoms with Gasteiger partial charge < -0.3 is 9.80 Å². The van der Waals surface area contributed by atoms with E-state index in [1.165, 1.54) is 21.6 Å². The fourth-order valence-electron chi connectivity index (χ4n) is 4.08. The zero-order valence-corrected chi connectivity index (χ0v) is 18.6. The van der Waals surface area contributed by atoms with Crippen molar-refractivity contribution in [2.24, 2.45) is 0 Å². The van der Waals surface area contributed by atoms with Crippen molar-refractivity contribution in [3.63, 3.8) is 0 Å². The van der Waals surface area contributed by atoms with E-state index in [-0.39, 0.29) is 24.4 Å². The smallest absolute Gasteiger partial charge is 0.242 e. The minimum Gasteiger partial charge on any atom is -0.333 e. The van der Waals surface area contributed by atoms with Crippen LogP contribution in [0.4, 0.5) is 0 Å². The van der Waals surface area contributed by atoms with Crippen LogP contribution in [0.15, 0.2) is 35.7 Å². The molecule has 1 unspecified atom stereocenters. The third kappa shape index (κ3) is 4.89. The number of unbranched alkanes of at least 4 members (excludes halogenated alkanes) is 1. The summed E-state index contributed by atoms with van der Waals surface area (Å²) in [5.74, 6) is 0.144. The molecule has 3 rings (SSSR count). The first-order chi connectivity index (χ1) is 14.1. The number of amides is 2. The Bertz CT molecular complexity index is 845. The lowest BCUT2D eigenvalue weighted by Gasteiger charge is -2.38. The number of rotatable bonds is 8. The van der Waals surface area contributed by atoms with Gasteiger partial charge in [-0.1, -0.05) is 44.5 Å². The number of hydrogen-bond donors (Lipinski definition) is 0. The number of hydrogen-bond acceptors (Lipinski definition) is 3. The van der Waals surface area contributed by atoms with E-state index < -0.39 is 0 Å². The Morgan fingerprint density at radius 1 is 1.14 bits per heavy atom. The Balaban J connectivity index is 1.87. The number of benzene rings is 1. The standard InChI is InChI=1S/C24H32N2O2S/c1-4-6-14-25(22(27)9-5-2)17-23(28)26-15-12-21-20(13-16-29-21)24(26)19-11-8-7-10-18(19)3/h7-8,10-11,13,16,24H,4-6,9,12,14-15,17H2,1-3H3. The Morgan fingerprint density at radius 2 is 1.93 bits per heavy atom. The first-order valence-corrected chi connectivity index (χ1v) is 11.6. The highest BCUT2D eigenvalue weighted by molar-refractivity contribution is 7.10. The van der Waals surface area contributed by atoms with E-state index in [4.69, 9.17) is 0 Å². The lowest BCUT2D eigenvalue weighted by Crippen LogP contribution is -2.47. The molecule has 0 N–H and O–H groups in total. The molecule has 5 heteroatoms. The highest BCUT2D eigenvalue weighted by atomic mass is 32.1. The molecule has 4 nitrogen and oxygen atoms in total. The molecule has 1 aliphatic heterocycles. The van der Waals surface area contributed by atoms with Crippen LogP contribution in [-0.2, 0) is 16.0 Å². The van der Waals surface area contributed by atoms with Crippen molar-refractivity contribution >= 4 is 23.2 Å². The van der Waals surface area contributed by atoms with Crippen LogP contribution >= 0.6 is 11.3 Å². The average molecular weight is 413 g/mol. The lowest BCUT2D eigenvalue weighted by molar-refractivity contribution is -0.141. The number of aryl methyl sites for hydroxylation is 1. The molecule has 0 aliphatic carbocycles. The maximum atomic E-state index is 13.4. The van der Waals surface area contributed by atoms with Gasteiger partial charge >= 0.3 is 0 Å². The second-order valence-electron chi connectivity index (χ2n) is 7.81. The number of thiophene rings is 1. The SMILES string of the molecule is CCCCN(CC(=O)N1CCc2sccc2C1c1ccccc1C)C(=O)CCC. The summed E-state index contributed by atoms with van der Waals surface area (Å²) in [4.78, 5) is 31.2. The summed E-state index contributed by atoms with van der Waals surface area (Å²) in [6, 6.07) is 10.4. The fourth-order valence-corrected chi connectivity index (χ4v) is 4.98. The van der Waals surface area contributed by atoms with E-state index in [0.29, 0.717) is 19.5 Å². The molecule has 0 radical (unpaired) electrons. The van der Waals surface area contributed by atoms with Gasteiger partial charge in [-0.2, -0.15) is 0 Å². The third-order valence-corrected chi connectivity index (χ3v) is 6.69. The van der Waals surface area contributed by atoms with Crippen LogP contribution in [0.1, 0.15) is 67.1 Å². The molecule has 1 aliphatic rings. The molecule has 0 saturated carbocycles. The summed E-state index contributed by atoms with van der Waals surface area (Å²) in [6.07, 6.45) is 4.14. The van der Waals surface area contributed by atoms with Gasteiger partial charge in [0.2, 0.25) is 11.8 Å². The van der Waals surface area contributed by atoms with Gasteiger partial charge in [-0.25, -0.2) is 0 Å². The van der Waals surface area contributed by atoms with Crippen molar-refractivity contribution in [3.8, 4) is 0 Å². The predicted molar refractivity (Wildman–Crippen MR) is 119 cm³/mol. The molecule has 0 bridgehead atoms. The van der Waals surface area contributed by atoms with Crippen LogP contribution in [0.5, 0.6) is 0 Å². The molecular formula is C24H32N2O2S. The van der Waals surface area contributed by atoms with E-state index >= 15 is 0 Å². The largest absolute Gasteiger partial charge is 0.333 e. The van der Waals surface area contributed by atoms with Gasteiger partial charge in [0.15, 0.2) is 0 Å². The van der Waals surface area contributed by atoms with Gasteiger partial charge in [-0.3, -0.25) is 9.59 Å². The van der Waals surface area contributed by atoms with Gasteiger partial charge in [0.1, 0.15) is 0 Å². The van der Waals surface area contributed by atoms with Crippen molar-refractivity contribution in [2.45, 2.75) is 58.9 Å². The van der Waals surface area contributed by atoms with Crippen molar-refractivity contribution < 1.29 is 9.59 Å². The minimum absolute atomic E-state index is 0.0515. The topological polar surface area (TPSA) is 40.6 Å². The van der Waals surface area contributed by atoms with Gasteiger partial charge in [0.05, 0.1) is 12.6 Å². The second-order valence-corrected chi connectivity index (χ2v) is 8.81. The number of carbonyl (C=O) groups is 2. The molecule has 1 aromatic carbocycles. The van der Waals surface area contributed by atoms with Gasteiger partial charge in [0.25, 0.3) is 0 Å². The Kier molecular flexibility index (Phi) is 7.48. The van der Waals surface area contributed by atoms with Crippen LogP contribution in [0.3, 0.4) is 0 Å². The second kappa shape index (κ2) is 10.1. The molecule has 2 aromatic rings. The van der Waals surface area contributed by atoms with Crippen LogP contribution in [-0.4, -0.2) is 41.2 Å². The Labute approximate surface area is 178 Å². The zero-order chi connectivity index (χ0) is 20.8. The van der Waals surface area contributed by atoms with Crippen LogP contribution in [0.2, 0.25) is 0 Å². The predicted octanol–water partition coefficient (Wildman–Crippen LogP) is 4.96. The van der Waals surface area contributed by atoms with Crippen LogP contribution < -0.4 is 0 Å². The highest BCUT2D eigenvalue weighted by Crippen LogP contribution is 2.39. The van der Waals surface area contributed by atoms with Crippen molar-refractivity contribution in [3.05, 3.63) is 57.3 Å². The molecule has 2 amide bonds. The molecule has 1 atom stereocenters. The summed E-state index contributed by atoms with van der Waals surface area (Å²) < 4.78 is 0. The molecule has 0 saturated heterocycles. The molecule has 2 heterocycles. The summed E-state index contributed by atoms with van der Waals surface area (Å²) in [6.45, 7) is 7.77. The first-order valence-electron chi connectivity index (χ1n) is 10.8. The minimum atomic E-state index is -0.0620. The van der Waals surface area contributed by atoms with Crippen molar-refractivity contribution in [1.82, 2.24) is 9.80 Å². The third-order valence-electron chi connectivity index (χ3n) is 5.69. The Hall–Kier alpha value is -2.14. The number of carbonyl (C=O) groups excluding carboxylic acids is 2. The van der Waals surface area contributed by atoms with E-state index in [1.807, 2.05) is 24.0 Å². The molecule has 156 valence electrons. The average Bonchev–Trinajstić information content (AvgIpc) is 3.20. The molecule has 29 heavy (non-hydrogen) atoms. The van der Waals surface area contributed by atoms with E-state index in [2.05, 4.69) is 37.4 Å². The van der Waals surface area contributed by atoms with Crippen LogP contribution in [0.25, 0.3) is 0 Å². The number of nitrogens with zero attached hydrogens (tertiary/aromatic N) is 2. The molecule has 0 spiro atoms. The van der Waals surface area contributed by atoms with Gasteiger partial charge in [-0.15, -0.1) is 11.3 Å². The molecule has 0 fully saturated rings. The van der Waals surface area contributed by atoms with E-state index in [0.717, 1.165) is 25.7 Å². The van der Waals surface area contributed by atoms with Gasteiger partial charge in [-0.05, 0) is 54.3 Å². The first kappa shape index (κ1) is 21.6. The van der Waals surface area contributed by atoms with Crippen molar-refractivity contribution in [1.29, 1.82) is 0 Å². The normalized spacial score (nSPS) is 15.8. The fraction of sp³-hybridized carbons (Fsp3) is 0.500. The van der Waals surface area contributed by atoms with E-state index in [9.17, 15) is 9.59 Å². The summed E-state index contributed by atoms with van der Waals surface area (Å²) in [5.41, 5.74) is 3.61. The number of fused-ring (bicyclic) bond motifs is 1. The summed E-state index contributed by atoms with van der Waals surface area (Å²) in [5, 5.41) is 2.13. The summed E-state index contributed by atoms with van der Waals surface area (Å²) >= 11 is 1.78. The highest BCUT2D eigenvalue weighted by Gasteiger charge is 2.34. The summed E-state index contributed by atoms with van der Waals surface area (Å²) in [7, 11) is 0. The maximum absolute atomic E-state index is 13.4. The molecular weight excluding hydrogens is 380 g/mol. The monoisotopic (exact) mass is 412 g/mol. The maximum Gasteiger partial charge on any atom is 0.242 e. The van der Waals surface area contributed by atoms with Crippen LogP contribution in [0, 0.1) is 6.92 Å². The van der Waals surface area contributed by atoms with E-state index in [1.54, 1.807) is 16.2 Å². The van der Waals surface area contributed by atoms with Crippen molar-refractivity contribution in [2.75, 3.05) is 19.6 Å². The Morgan fingerprint density at radius 3 is 2.66 bits per heavy atom. The lowest BCUT2D eigenvalue weighted by atomic mass is 9.90. The molecule has 1 aromatic heterocycles.